The van der Waals surface area contributed by atoms with Gasteiger partial charge in [-0.1, -0.05) is 0 Å². The SMILES string of the molecule is CCNc1ncnc2c1cnn2-c1nccs1. The van der Waals surface area contributed by atoms with Gasteiger partial charge in [-0.25, -0.2) is 15.0 Å². The number of hydrogen-bond acceptors (Lipinski definition) is 6. The molecule has 0 aromatic carbocycles. The third-order valence-electron chi connectivity index (χ3n) is 2.31. The molecule has 0 saturated carbocycles. The molecular weight excluding hydrogens is 236 g/mol. The molecule has 0 bridgehead atoms. The highest BCUT2D eigenvalue weighted by Crippen LogP contribution is 2.21. The van der Waals surface area contributed by atoms with Crippen LogP contribution >= 0.6 is 11.3 Å². The summed E-state index contributed by atoms with van der Waals surface area (Å²) >= 11 is 1.52. The number of rotatable bonds is 3. The van der Waals surface area contributed by atoms with E-state index >= 15 is 0 Å². The average Bonchev–Trinajstić information content (AvgIpc) is 2.97. The second-order valence-corrected chi connectivity index (χ2v) is 4.23. The molecule has 0 fully saturated rings. The summed E-state index contributed by atoms with van der Waals surface area (Å²) in [5.41, 5.74) is 0.769. The lowest BCUT2D eigenvalue weighted by atomic mass is 10.4. The fourth-order valence-electron chi connectivity index (χ4n) is 1.61. The Morgan fingerprint density at radius 1 is 1.35 bits per heavy atom. The van der Waals surface area contributed by atoms with Crippen molar-refractivity contribution in [2.45, 2.75) is 6.92 Å². The van der Waals surface area contributed by atoms with E-state index in [1.807, 2.05) is 12.3 Å². The molecule has 7 heteroatoms. The molecule has 0 aliphatic heterocycles. The van der Waals surface area contributed by atoms with Crippen LogP contribution < -0.4 is 5.32 Å². The fourth-order valence-corrected chi connectivity index (χ4v) is 2.21. The van der Waals surface area contributed by atoms with E-state index in [1.54, 1.807) is 17.1 Å². The third kappa shape index (κ3) is 1.64. The van der Waals surface area contributed by atoms with Crippen LogP contribution in [0.25, 0.3) is 16.2 Å². The largest absolute Gasteiger partial charge is 0.370 e. The molecule has 3 aromatic rings. The Morgan fingerprint density at radius 2 is 2.29 bits per heavy atom. The van der Waals surface area contributed by atoms with Crippen molar-refractivity contribution in [1.82, 2.24) is 24.7 Å². The van der Waals surface area contributed by atoms with Crippen molar-refractivity contribution in [3.63, 3.8) is 0 Å². The Balaban J connectivity index is 2.20. The summed E-state index contributed by atoms with van der Waals surface area (Å²) in [6.07, 6.45) is 5.04. The quantitative estimate of drug-likeness (QED) is 0.761. The molecule has 3 rings (SSSR count). The number of nitrogens with one attached hydrogen (secondary N) is 1. The van der Waals surface area contributed by atoms with Crippen LogP contribution in [0, 0.1) is 0 Å². The number of thiazole rings is 1. The van der Waals surface area contributed by atoms with Crippen LogP contribution in [0.3, 0.4) is 0 Å². The Hall–Kier alpha value is -2.02. The maximum atomic E-state index is 4.30. The number of aromatic nitrogens is 5. The zero-order valence-electron chi connectivity index (χ0n) is 9.16. The molecule has 17 heavy (non-hydrogen) atoms. The van der Waals surface area contributed by atoms with Gasteiger partial charge in [-0.3, -0.25) is 0 Å². The minimum Gasteiger partial charge on any atom is -0.370 e. The van der Waals surface area contributed by atoms with Crippen LogP contribution in [0.1, 0.15) is 6.92 Å². The molecule has 0 unspecified atom stereocenters. The molecule has 0 spiro atoms. The van der Waals surface area contributed by atoms with Gasteiger partial charge in [0.2, 0.25) is 5.13 Å². The lowest BCUT2D eigenvalue weighted by Gasteiger charge is -2.02. The lowest BCUT2D eigenvalue weighted by molar-refractivity contribution is 0.884. The van der Waals surface area contributed by atoms with Crippen molar-refractivity contribution in [3.05, 3.63) is 24.1 Å². The van der Waals surface area contributed by atoms with Crippen molar-refractivity contribution in [2.75, 3.05) is 11.9 Å². The van der Waals surface area contributed by atoms with E-state index in [2.05, 4.69) is 25.4 Å². The molecule has 86 valence electrons. The van der Waals surface area contributed by atoms with Gasteiger partial charge >= 0.3 is 0 Å². The van der Waals surface area contributed by atoms with Gasteiger partial charge in [-0.2, -0.15) is 9.78 Å². The lowest BCUT2D eigenvalue weighted by Crippen LogP contribution is -2.01. The monoisotopic (exact) mass is 246 g/mol. The van der Waals surface area contributed by atoms with E-state index in [0.717, 1.165) is 28.5 Å². The van der Waals surface area contributed by atoms with Crippen molar-refractivity contribution in [2.24, 2.45) is 0 Å². The molecule has 0 aliphatic rings. The molecule has 3 heterocycles. The average molecular weight is 246 g/mol. The summed E-state index contributed by atoms with van der Waals surface area (Å²) in [6.45, 7) is 2.84. The van der Waals surface area contributed by atoms with Crippen LogP contribution in [-0.4, -0.2) is 31.3 Å². The van der Waals surface area contributed by atoms with E-state index in [9.17, 15) is 0 Å². The van der Waals surface area contributed by atoms with Gasteiger partial charge in [0.05, 0.1) is 11.6 Å². The van der Waals surface area contributed by atoms with Gasteiger partial charge in [-0.05, 0) is 6.92 Å². The van der Waals surface area contributed by atoms with E-state index in [0.29, 0.717) is 0 Å². The highest BCUT2D eigenvalue weighted by Gasteiger charge is 2.11. The van der Waals surface area contributed by atoms with Crippen molar-refractivity contribution in [3.8, 4) is 5.13 Å². The molecule has 6 nitrogen and oxygen atoms in total. The maximum Gasteiger partial charge on any atom is 0.212 e. The first kappa shape index (κ1) is 10.2. The van der Waals surface area contributed by atoms with Crippen molar-refractivity contribution >= 4 is 28.2 Å². The zero-order chi connectivity index (χ0) is 11.7. The summed E-state index contributed by atoms with van der Waals surface area (Å²) in [5.74, 6) is 0.806. The van der Waals surface area contributed by atoms with Crippen LogP contribution in [0.2, 0.25) is 0 Å². The smallest absolute Gasteiger partial charge is 0.212 e. The van der Waals surface area contributed by atoms with Crippen LogP contribution in [0.5, 0.6) is 0 Å². The van der Waals surface area contributed by atoms with Crippen LogP contribution in [-0.2, 0) is 0 Å². The fraction of sp³-hybridized carbons (Fsp3) is 0.200. The minimum atomic E-state index is 0.769. The Labute approximate surface area is 101 Å². The van der Waals surface area contributed by atoms with E-state index < -0.39 is 0 Å². The predicted octanol–water partition coefficient (Wildman–Crippen LogP) is 1.70. The predicted molar refractivity (Wildman–Crippen MR) is 66.5 cm³/mol. The van der Waals surface area contributed by atoms with Crippen LogP contribution in [0.15, 0.2) is 24.1 Å². The standard InChI is InChI=1S/C10H10N6S/c1-2-11-8-7-5-15-16(9(7)14-6-13-8)10-12-3-4-17-10/h3-6H,2H2,1H3,(H,11,13,14). The first-order valence-electron chi connectivity index (χ1n) is 5.22. The summed E-state index contributed by atoms with van der Waals surface area (Å²) in [7, 11) is 0. The highest BCUT2D eigenvalue weighted by atomic mass is 32.1. The second kappa shape index (κ2) is 4.10. The van der Waals surface area contributed by atoms with Gasteiger partial charge < -0.3 is 5.32 Å². The Bertz CT molecular complexity index is 629. The second-order valence-electron chi connectivity index (χ2n) is 3.36. The molecule has 0 atom stereocenters. The Morgan fingerprint density at radius 3 is 3.06 bits per heavy atom. The number of anilines is 1. The maximum absolute atomic E-state index is 4.30. The summed E-state index contributed by atoms with van der Waals surface area (Å²) < 4.78 is 1.72. The first-order chi connectivity index (χ1) is 8.40. The number of nitrogens with zero attached hydrogens (tertiary/aromatic N) is 5. The molecule has 3 aromatic heterocycles. The number of fused-ring (bicyclic) bond motifs is 1. The first-order valence-corrected chi connectivity index (χ1v) is 6.10. The van der Waals surface area contributed by atoms with E-state index in [4.69, 9.17) is 0 Å². The molecule has 0 saturated heterocycles. The van der Waals surface area contributed by atoms with Gasteiger partial charge in [0.1, 0.15) is 12.1 Å². The Kier molecular flexibility index (Phi) is 2.45. The van der Waals surface area contributed by atoms with E-state index in [1.165, 1.54) is 17.7 Å². The molecular formula is C10H10N6S. The highest BCUT2D eigenvalue weighted by molar-refractivity contribution is 7.12. The summed E-state index contributed by atoms with van der Waals surface area (Å²) in [6, 6.07) is 0. The van der Waals surface area contributed by atoms with Gasteiger partial charge in [0.25, 0.3) is 0 Å². The molecule has 0 radical (unpaired) electrons. The molecule has 0 aliphatic carbocycles. The molecule has 0 amide bonds. The third-order valence-corrected chi connectivity index (χ3v) is 3.06. The van der Waals surface area contributed by atoms with Gasteiger partial charge in [-0.15, -0.1) is 11.3 Å². The zero-order valence-corrected chi connectivity index (χ0v) is 9.98. The number of hydrogen-bond donors (Lipinski definition) is 1. The summed E-state index contributed by atoms with van der Waals surface area (Å²) in [5, 5.41) is 11.1. The van der Waals surface area contributed by atoms with Crippen molar-refractivity contribution < 1.29 is 0 Å². The minimum absolute atomic E-state index is 0.769. The van der Waals surface area contributed by atoms with E-state index in [-0.39, 0.29) is 0 Å². The van der Waals surface area contributed by atoms with Crippen molar-refractivity contribution in [1.29, 1.82) is 0 Å². The van der Waals surface area contributed by atoms with Crippen LogP contribution in [0.4, 0.5) is 5.82 Å². The molecule has 1 N–H and O–H groups in total. The summed E-state index contributed by atoms with van der Waals surface area (Å²) in [4.78, 5) is 12.7. The van der Waals surface area contributed by atoms with Gasteiger partial charge in [0, 0.05) is 18.1 Å². The van der Waals surface area contributed by atoms with Gasteiger partial charge in [0.15, 0.2) is 5.65 Å². The topological polar surface area (TPSA) is 68.5 Å². The normalized spacial score (nSPS) is 10.9.